The minimum absolute atomic E-state index is 0.483. The van der Waals surface area contributed by atoms with Gasteiger partial charge in [0, 0.05) is 11.6 Å². The molecule has 0 saturated carbocycles. The van der Waals surface area contributed by atoms with Crippen LogP contribution in [0.2, 0.25) is 5.02 Å². The minimum Gasteiger partial charge on any atom is -0.366 e. The van der Waals surface area contributed by atoms with Crippen molar-refractivity contribution < 1.29 is 4.39 Å². The molecule has 0 radical (unpaired) electrons. The summed E-state index contributed by atoms with van der Waals surface area (Å²) in [6, 6.07) is 10.4. The van der Waals surface area contributed by atoms with E-state index in [1.54, 1.807) is 12.1 Å². The standard InChI is InChI=1S/C13H12ClFN2/c1-9-7-11(14)6-5-10(9)8-16-13-4-2-3-12(15)17-13/h2-7H,8H2,1H3,(H,16,17). The zero-order valence-corrected chi connectivity index (χ0v) is 10.1. The lowest BCUT2D eigenvalue weighted by Crippen LogP contribution is -2.03. The maximum Gasteiger partial charge on any atom is 0.214 e. The van der Waals surface area contributed by atoms with Crippen LogP contribution in [-0.2, 0) is 6.54 Å². The molecule has 88 valence electrons. The Morgan fingerprint density at radius 3 is 2.82 bits per heavy atom. The Morgan fingerprint density at radius 1 is 1.29 bits per heavy atom. The number of pyridine rings is 1. The first-order chi connectivity index (χ1) is 8.15. The molecule has 0 bridgehead atoms. The van der Waals surface area contributed by atoms with Gasteiger partial charge in [0.05, 0.1) is 0 Å². The highest BCUT2D eigenvalue weighted by Gasteiger charge is 2.00. The Hall–Kier alpha value is -1.61. The highest BCUT2D eigenvalue weighted by Crippen LogP contribution is 2.16. The number of nitrogens with zero attached hydrogens (tertiary/aromatic N) is 1. The third kappa shape index (κ3) is 3.17. The second-order valence-corrected chi connectivity index (χ2v) is 4.21. The number of nitrogens with one attached hydrogen (secondary N) is 1. The van der Waals surface area contributed by atoms with E-state index < -0.39 is 5.95 Å². The van der Waals surface area contributed by atoms with Gasteiger partial charge in [-0.3, -0.25) is 0 Å². The largest absolute Gasteiger partial charge is 0.366 e. The van der Waals surface area contributed by atoms with Gasteiger partial charge < -0.3 is 5.32 Å². The summed E-state index contributed by atoms with van der Waals surface area (Å²) in [5.74, 6) is 0.0437. The molecule has 0 amide bonds. The molecule has 0 saturated heterocycles. The van der Waals surface area contributed by atoms with E-state index in [4.69, 9.17) is 11.6 Å². The molecule has 1 N–H and O–H groups in total. The van der Waals surface area contributed by atoms with Crippen LogP contribution in [0, 0.1) is 12.9 Å². The van der Waals surface area contributed by atoms with Crippen molar-refractivity contribution in [2.75, 3.05) is 5.32 Å². The van der Waals surface area contributed by atoms with Crippen LogP contribution in [0.1, 0.15) is 11.1 Å². The fourth-order valence-electron chi connectivity index (χ4n) is 1.55. The molecule has 4 heteroatoms. The molecule has 17 heavy (non-hydrogen) atoms. The van der Waals surface area contributed by atoms with E-state index in [0.717, 1.165) is 16.1 Å². The summed E-state index contributed by atoms with van der Waals surface area (Å²) in [5, 5.41) is 3.79. The molecule has 1 aromatic carbocycles. The van der Waals surface area contributed by atoms with Crippen LogP contribution in [-0.4, -0.2) is 4.98 Å². The molecule has 0 unspecified atom stereocenters. The Kier molecular flexibility index (Phi) is 3.59. The third-order valence-corrected chi connectivity index (χ3v) is 2.71. The first-order valence-corrected chi connectivity index (χ1v) is 5.64. The fraction of sp³-hybridized carbons (Fsp3) is 0.154. The number of aryl methyl sites for hydroxylation is 1. The van der Waals surface area contributed by atoms with Gasteiger partial charge in [0.25, 0.3) is 0 Å². The zero-order valence-electron chi connectivity index (χ0n) is 9.37. The van der Waals surface area contributed by atoms with Crippen LogP contribution in [0.4, 0.5) is 10.2 Å². The average Bonchev–Trinajstić information content (AvgIpc) is 2.28. The van der Waals surface area contributed by atoms with Crippen LogP contribution in [0.25, 0.3) is 0 Å². The van der Waals surface area contributed by atoms with Gasteiger partial charge in [0.2, 0.25) is 5.95 Å². The molecular formula is C13H12ClFN2. The number of hydrogen-bond donors (Lipinski definition) is 1. The predicted octanol–water partition coefficient (Wildman–Crippen LogP) is 3.79. The normalized spacial score (nSPS) is 10.3. The first kappa shape index (κ1) is 11.9. The Bertz CT molecular complexity index is 529. The summed E-state index contributed by atoms with van der Waals surface area (Å²) in [6.07, 6.45) is 0. The van der Waals surface area contributed by atoms with Crippen molar-refractivity contribution in [2.24, 2.45) is 0 Å². The highest BCUT2D eigenvalue weighted by atomic mass is 35.5. The van der Waals surface area contributed by atoms with Gasteiger partial charge in [-0.15, -0.1) is 0 Å². The minimum atomic E-state index is -0.483. The van der Waals surface area contributed by atoms with Gasteiger partial charge in [-0.1, -0.05) is 23.7 Å². The van der Waals surface area contributed by atoms with Crippen LogP contribution in [0.15, 0.2) is 36.4 Å². The van der Waals surface area contributed by atoms with Crippen molar-refractivity contribution in [2.45, 2.75) is 13.5 Å². The molecule has 0 spiro atoms. The number of hydrogen-bond acceptors (Lipinski definition) is 2. The van der Waals surface area contributed by atoms with Crippen LogP contribution in [0.5, 0.6) is 0 Å². The summed E-state index contributed by atoms with van der Waals surface area (Å²) in [4.78, 5) is 3.73. The monoisotopic (exact) mass is 250 g/mol. The molecular weight excluding hydrogens is 239 g/mol. The smallest absolute Gasteiger partial charge is 0.214 e. The van der Waals surface area contributed by atoms with Gasteiger partial charge in [-0.2, -0.15) is 4.39 Å². The van der Waals surface area contributed by atoms with E-state index >= 15 is 0 Å². The quantitative estimate of drug-likeness (QED) is 0.839. The number of rotatable bonds is 3. The van der Waals surface area contributed by atoms with E-state index in [1.807, 2.05) is 25.1 Å². The molecule has 2 nitrogen and oxygen atoms in total. The number of aromatic nitrogens is 1. The number of anilines is 1. The van der Waals surface area contributed by atoms with Crippen molar-refractivity contribution in [1.82, 2.24) is 4.98 Å². The Morgan fingerprint density at radius 2 is 2.12 bits per heavy atom. The van der Waals surface area contributed by atoms with Crippen LogP contribution < -0.4 is 5.32 Å². The number of benzene rings is 1. The van der Waals surface area contributed by atoms with Gasteiger partial charge in [-0.05, 0) is 42.3 Å². The number of halogens is 2. The lowest BCUT2D eigenvalue weighted by Gasteiger charge is -2.08. The molecule has 0 atom stereocenters. The zero-order chi connectivity index (χ0) is 12.3. The molecule has 0 aliphatic heterocycles. The summed E-state index contributed by atoms with van der Waals surface area (Å²) < 4.78 is 12.9. The lowest BCUT2D eigenvalue weighted by molar-refractivity contribution is 0.585. The second-order valence-electron chi connectivity index (χ2n) is 3.77. The summed E-state index contributed by atoms with van der Waals surface area (Å²) in [6.45, 7) is 2.58. The molecule has 0 aliphatic rings. The van der Waals surface area contributed by atoms with E-state index in [9.17, 15) is 4.39 Å². The summed E-state index contributed by atoms with van der Waals surface area (Å²) in [5.41, 5.74) is 2.21. The van der Waals surface area contributed by atoms with Crippen molar-refractivity contribution >= 4 is 17.4 Å². The van der Waals surface area contributed by atoms with Gasteiger partial charge >= 0.3 is 0 Å². The Balaban J connectivity index is 2.07. The maximum absolute atomic E-state index is 12.9. The molecule has 1 aromatic heterocycles. The van der Waals surface area contributed by atoms with Crippen LogP contribution in [0.3, 0.4) is 0 Å². The van der Waals surface area contributed by atoms with E-state index in [2.05, 4.69) is 10.3 Å². The van der Waals surface area contributed by atoms with Crippen molar-refractivity contribution in [3.8, 4) is 0 Å². The van der Waals surface area contributed by atoms with Gasteiger partial charge in [0.1, 0.15) is 5.82 Å². The average molecular weight is 251 g/mol. The molecule has 0 fully saturated rings. The predicted molar refractivity (Wildman–Crippen MR) is 67.7 cm³/mol. The van der Waals surface area contributed by atoms with E-state index in [-0.39, 0.29) is 0 Å². The van der Waals surface area contributed by atoms with Gasteiger partial charge in [-0.25, -0.2) is 4.98 Å². The SMILES string of the molecule is Cc1cc(Cl)ccc1CNc1cccc(F)n1. The summed E-state index contributed by atoms with van der Waals surface area (Å²) in [7, 11) is 0. The lowest BCUT2D eigenvalue weighted by atomic mass is 10.1. The molecule has 1 heterocycles. The topological polar surface area (TPSA) is 24.9 Å². The van der Waals surface area contributed by atoms with Crippen molar-refractivity contribution in [3.05, 3.63) is 58.5 Å². The molecule has 0 aliphatic carbocycles. The summed E-state index contributed by atoms with van der Waals surface area (Å²) >= 11 is 5.87. The van der Waals surface area contributed by atoms with Crippen molar-refractivity contribution in [3.63, 3.8) is 0 Å². The van der Waals surface area contributed by atoms with Gasteiger partial charge in [0.15, 0.2) is 0 Å². The fourth-order valence-corrected chi connectivity index (χ4v) is 1.78. The van der Waals surface area contributed by atoms with Crippen molar-refractivity contribution in [1.29, 1.82) is 0 Å². The molecule has 2 aromatic rings. The van der Waals surface area contributed by atoms with Crippen LogP contribution >= 0.6 is 11.6 Å². The Labute approximate surface area is 104 Å². The second kappa shape index (κ2) is 5.15. The molecule has 2 rings (SSSR count). The van der Waals surface area contributed by atoms with E-state index in [0.29, 0.717) is 12.4 Å². The third-order valence-electron chi connectivity index (χ3n) is 2.48. The van der Waals surface area contributed by atoms with E-state index in [1.165, 1.54) is 6.07 Å². The highest BCUT2D eigenvalue weighted by molar-refractivity contribution is 6.30. The maximum atomic E-state index is 12.9. The first-order valence-electron chi connectivity index (χ1n) is 5.26.